The molecule has 0 bridgehead atoms. The second-order valence-corrected chi connectivity index (χ2v) is 7.31. The summed E-state index contributed by atoms with van der Waals surface area (Å²) in [7, 11) is 0. The Morgan fingerprint density at radius 2 is 1.92 bits per heavy atom. The molecule has 0 aromatic heterocycles. The summed E-state index contributed by atoms with van der Waals surface area (Å²) < 4.78 is 11.5. The van der Waals surface area contributed by atoms with Gasteiger partial charge < -0.3 is 14.8 Å². The third-order valence-corrected chi connectivity index (χ3v) is 5.08. The number of ether oxygens (including phenoxy) is 2. The van der Waals surface area contributed by atoms with Gasteiger partial charge in [-0.05, 0) is 48.6 Å². The van der Waals surface area contributed by atoms with E-state index in [0.29, 0.717) is 19.6 Å². The molecule has 25 heavy (non-hydrogen) atoms. The Labute approximate surface area is 156 Å². The second-order valence-electron chi connectivity index (χ2n) is 5.71. The maximum absolute atomic E-state index is 12.0. The molecule has 0 fully saturated rings. The maximum Gasteiger partial charge on any atom is 0.220 e. The van der Waals surface area contributed by atoms with Crippen molar-refractivity contribution in [2.45, 2.75) is 23.8 Å². The Kier molecular flexibility index (Phi) is 6.48. The number of benzene rings is 2. The van der Waals surface area contributed by atoms with Gasteiger partial charge in [0.25, 0.3) is 0 Å². The zero-order valence-corrected chi connectivity index (χ0v) is 15.3. The zero-order chi connectivity index (χ0) is 17.5. The summed E-state index contributed by atoms with van der Waals surface area (Å²) in [5.41, 5.74) is 0. The van der Waals surface area contributed by atoms with E-state index in [-0.39, 0.29) is 12.0 Å². The molecule has 4 nitrogen and oxygen atoms in total. The molecule has 6 heteroatoms. The highest BCUT2D eigenvalue weighted by molar-refractivity contribution is 7.99. The summed E-state index contributed by atoms with van der Waals surface area (Å²) in [6.07, 6.45) is 1.18. The average molecular weight is 378 g/mol. The third kappa shape index (κ3) is 5.58. The molecule has 0 unspecified atom stereocenters. The first kappa shape index (κ1) is 18.0. The van der Waals surface area contributed by atoms with Crippen molar-refractivity contribution >= 4 is 29.3 Å². The molecular weight excluding hydrogens is 358 g/mol. The van der Waals surface area contributed by atoms with E-state index in [1.54, 1.807) is 11.8 Å². The van der Waals surface area contributed by atoms with Crippen LogP contribution in [0.2, 0.25) is 5.02 Å². The molecule has 1 atom stereocenters. The molecule has 1 amide bonds. The molecule has 3 rings (SSSR count). The first-order chi connectivity index (χ1) is 12.2. The number of halogens is 1. The highest BCUT2D eigenvalue weighted by Crippen LogP contribution is 2.30. The molecule has 0 aliphatic carbocycles. The van der Waals surface area contributed by atoms with Gasteiger partial charge in [0.2, 0.25) is 5.91 Å². The topological polar surface area (TPSA) is 47.6 Å². The van der Waals surface area contributed by atoms with Crippen LogP contribution in [0.4, 0.5) is 0 Å². The largest absolute Gasteiger partial charge is 0.486 e. The number of fused-ring (bicyclic) bond motifs is 1. The summed E-state index contributed by atoms with van der Waals surface area (Å²) >= 11 is 7.59. The molecule has 132 valence electrons. The van der Waals surface area contributed by atoms with E-state index >= 15 is 0 Å². The summed E-state index contributed by atoms with van der Waals surface area (Å²) in [4.78, 5) is 13.1. The quantitative estimate of drug-likeness (QED) is 0.581. The van der Waals surface area contributed by atoms with Crippen molar-refractivity contribution in [3.8, 4) is 11.5 Å². The fraction of sp³-hybridized carbons (Fsp3) is 0.316. The normalized spacial score (nSPS) is 15.6. The highest BCUT2D eigenvalue weighted by Gasteiger charge is 2.20. The highest BCUT2D eigenvalue weighted by atomic mass is 35.5. The van der Waals surface area contributed by atoms with Crippen LogP contribution in [-0.2, 0) is 4.79 Å². The SMILES string of the molecule is O=C(CCCSc1ccc(Cl)cc1)NC[C@H]1COc2ccccc2O1. The molecule has 2 aromatic rings. The summed E-state index contributed by atoms with van der Waals surface area (Å²) in [5.74, 6) is 2.42. The van der Waals surface area contributed by atoms with Crippen LogP contribution >= 0.6 is 23.4 Å². The number of amides is 1. The monoisotopic (exact) mass is 377 g/mol. The third-order valence-electron chi connectivity index (χ3n) is 3.72. The van der Waals surface area contributed by atoms with Crippen LogP contribution in [0.5, 0.6) is 11.5 Å². The fourth-order valence-electron chi connectivity index (χ4n) is 2.43. The summed E-state index contributed by atoms with van der Waals surface area (Å²) in [6, 6.07) is 15.3. The Bertz CT molecular complexity index is 708. The van der Waals surface area contributed by atoms with Crippen LogP contribution in [0.1, 0.15) is 12.8 Å². The molecule has 0 spiro atoms. The maximum atomic E-state index is 12.0. The lowest BCUT2D eigenvalue weighted by atomic mass is 10.2. The average Bonchev–Trinajstić information content (AvgIpc) is 2.65. The van der Waals surface area contributed by atoms with E-state index in [4.69, 9.17) is 21.1 Å². The van der Waals surface area contributed by atoms with Crippen LogP contribution in [0.25, 0.3) is 0 Å². The lowest BCUT2D eigenvalue weighted by Gasteiger charge is -2.26. The lowest BCUT2D eigenvalue weighted by Crippen LogP contribution is -2.40. The Hall–Kier alpha value is -1.85. The molecular formula is C19H20ClNO3S. The molecule has 0 saturated heterocycles. The molecule has 1 aliphatic heterocycles. The Morgan fingerprint density at radius 1 is 1.16 bits per heavy atom. The van der Waals surface area contributed by atoms with Crippen LogP contribution < -0.4 is 14.8 Å². The van der Waals surface area contributed by atoms with Gasteiger partial charge in [0.1, 0.15) is 12.7 Å². The zero-order valence-electron chi connectivity index (χ0n) is 13.7. The summed E-state index contributed by atoms with van der Waals surface area (Å²) in [5, 5.41) is 3.66. The number of carbonyl (C=O) groups is 1. The number of hydrogen-bond donors (Lipinski definition) is 1. The van der Waals surface area contributed by atoms with Crippen molar-refractivity contribution in [3.63, 3.8) is 0 Å². The van der Waals surface area contributed by atoms with Crippen molar-refractivity contribution in [2.75, 3.05) is 18.9 Å². The Morgan fingerprint density at radius 3 is 2.72 bits per heavy atom. The minimum atomic E-state index is -0.151. The van der Waals surface area contributed by atoms with E-state index in [0.717, 1.165) is 33.6 Å². The predicted octanol–water partition coefficient (Wildman–Crippen LogP) is 4.17. The number of para-hydroxylation sites is 2. The van der Waals surface area contributed by atoms with E-state index in [1.165, 1.54) is 0 Å². The van der Waals surface area contributed by atoms with Gasteiger partial charge in [0.15, 0.2) is 11.5 Å². The van der Waals surface area contributed by atoms with E-state index in [1.807, 2.05) is 48.5 Å². The van der Waals surface area contributed by atoms with E-state index in [2.05, 4.69) is 5.32 Å². The molecule has 0 radical (unpaired) electrons. The number of carbonyl (C=O) groups excluding carboxylic acids is 1. The molecule has 1 heterocycles. The van der Waals surface area contributed by atoms with Crippen molar-refractivity contribution in [1.82, 2.24) is 5.32 Å². The number of hydrogen-bond acceptors (Lipinski definition) is 4. The molecule has 0 saturated carbocycles. The fourth-order valence-corrected chi connectivity index (χ4v) is 3.41. The minimum absolute atomic E-state index is 0.0409. The van der Waals surface area contributed by atoms with Crippen molar-refractivity contribution < 1.29 is 14.3 Å². The van der Waals surface area contributed by atoms with Crippen LogP contribution in [0, 0.1) is 0 Å². The van der Waals surface area contributed by atoms with Gasteiger partial charge in [-0.2, -0.15) is 0 Å². The second kappa shape index (κ2) is 9.02. The first-order valence-corrected chi connectivity index (χ1v) is 9.60. The molecule has 2 aromatic carbocycles. The van der Waals surface area contributed by atoms with Crippen LogP contribution in [-0.4, -0.2) is 30.9 Å². The van der Waals surface area contributed by atoms with Gasteiger partial charge in [0.05, 0.1) is 6.54 Å². The molecule has 1 N–H and O–H groups in total. The van der Waals surface area contributed by atoms with Gasteiger partial charge in [-0.3, -0.25) is 4.79 Å². The number of thioether (sulfide) groups is 1. The first-order valence-electron chi connectivity index (χ1n) is 8.24. The van der Waals surface area contributed by atoms with E-state index < -0.39 is 0 Å². The smallest absolute Gasteiger partial charge is 0.220 e. The van der Waals surface area contributed by atoms with Crippen molar-refractivity contribution in [1.29, 1.82) is 0 Å². The van der Waals surface area contributed by atoms with Crippen molar-refractivity contribution in [3.05, 3.63) is 53.6 Å². The van der Waals surface area contributed by atoms with Gasteiger partial charge in [-0.1, -0.05) is 23.7 Å². The van der Waals surface area contributed by atoms with Crippen LogP contribution in [0.3, 0.4) is 0 Å². The standard InChI is InChI=1S/C19H20ClNO3S/c20-14-7-9-16(10-8-14)25-11-3-6-19(22)21-12-15-13-23-17-4-1-2-5-18(17)24-15/h1-2,4-5,7-10,15H,3,6,11-13H2,(H,21,22)/t15-/m0/s1. The van der Waals surface area contributed by atoms with E-state index in [9.17, 15) is 4.79 Å². The van der Waals surface area contributed by atoms with Crippen molar-refractivity contribution in [2.24, 2.45) is 0 Å². The number of rotatable bonds is 7. The summed E-state index contributed by atoms with van der Waals surface area (Å²) in [6.45, 7) is 0.904. The minimum Gasteiger partial charge on any atom is -0.486 e. The lowest BCUT2D eigenvalue weighted by molar-refractivity contribution is -0.121. The van der Waals surface area contributed by atoms with Gasteiger partial charge in [0, 0.05) is 16.3 Å². The molecule has 1 aliphatic rings. The predicted molar refractivity (Wildman–Crippen MR) is 101 cm³/mol. The van der Waals surface area contributed by atoms with Gasteiger partial charge >= 0.3 is 0 Å². The van der Waals surface area contributed by atoms with Gasteiger partial charge in [-0.25, -0.2) is 0 Å². The number of nitrogens with one attached hydrogen (secondary N) is 1. The van der Waals surface area contributed by atoms with Gasteiger partial charge in [-0.15, -0.1) is 11.8 Å². The van der Waals surface area contributed by atoms with Crippen LogP contribution in [0.15, 0.2) is 53.4 Å². The Balaban J connectivity index is 1.31.